The fourth-order valence-electron chi connectivity index (χ4n) is 5.15. The molecule has 0 saturated heterocycles. The molecule has 5 rings (SSSR count). The van der Waals surface area contributed by atoms with Crippen molar-refractivity contribution in [1.29, 1.82) is 0 Å². The predicted octanol–water partition coefficient (Wildman–Crippen LogP) is 4.53. The van der Waals surface area contributed by atoms with Crippen molar-refractivity contribution < 1.29 is 14.7 Å². The molecule has 2 aliphatic rings. The van der Waals surface area contributed by atoms with Gasteiger partial charge in [0.2, 0.25) is 0 Å². The normalized spacial score (nSPS) is 23.6. The van der Waals surface area contributed by atoms with Crippen LogP contribution in [0, 0.1) is 6.92 Å². The molecule has 32 heavy (non-hydrogen) atoms. The van der Waals surface area contributed by atoms with Crippen LogP contribution >= 0.6 is 0 Å². The average Bonchev–Trinajstić information content (AvgIpc) is 3.29. The zero-order valence-corrected chi connectivity index (χ0v) is 18.3. The van der Waals surface area contributed by atoms with Crippen LogP contribution in [0.4, 0.5) is 11.4 Å². The molecule has 0 spiro atoms. The number of hydrogen-bond acceptors (Lipinski definition) is 4. The number of aliphatic hydroxyl groups is 1. The smallest absolute Gasteiger partial charge is 0.265 e. The molecule has 2 unspecified atom stereocenters. The van der Waals surface area contributed by atoms with Crippen LogP contribution in [-0.2, 0) is 15.9 Å². The van der Waals surface area contributed by atoms with Gasteiger partial charge in [-0.1, -0.05) is 73.2 Å². The number of nitrogens with one attached hydrogen (secondary N) is 1. The third kappa shape index (κ3) is 2.81. The Morgan fingerprint density at radius 1 is 1.00 bits per heavy atom. The van der Waals surface area contributed by atoms with Gasteiger partial charge in [-0.2, -0.15) is 0 Å². The van der Waals surface area contributed by atoms with E-state index in [4.69, 9.17) is 0 Å². The Hall–Kier alpha value is -3.44. The number of carbonyl (C=O) groups is 2. The number of para-hydroxylation sites is 2. The van der Waals surface area contributed by atoms with Gasteiger partial charge in [0.1, 0.15) is 0 Å². The number of hydrogen-bond donors (Lipinski definition) is 2. The van der Waals surface area contributed by atoms with Gasteiger partial charge in [0.25, 0.3) is 5.91 Å². The molecule has 0 saturated carbocycles. The molecule has 0 radical (unpaired) electrons. The first-order valence-electron chi connectivity index (χ1n) is 11.0. The van der Waals surface area contributed by atoms with Crippen LogP contribution in [0.5, 0.6) is 0 Å². The maximum atomic E-state index is 14.0. The third-order valence-electron chi connectivity index (χ3n) is 6.95. The quantitative estimate of drug-likeness (QED) is 0.588. The number of aryl methyl sites for hydroxylation is 1. The standard InChI is InChI=1S/C27H26N2O3/c1-3-26(17-28-22-10-6-4-8-20(22)26)29-23-11-7-5-9-21(23)27(32,25(29)31)16-24(30)19-14-12-18(2)13-15-19/h4-15,28,32H,3,16-17H2,1-2H3. The fourth-order valence-corrected chi connectivity index (χ4v) is 5.15. The van der Waals surface area contributed by atoms with Crippen LogP contribution < -0.4 is 10.2 Å². The number of benzene rings is 3. The molecule has 1 amide bonds. The summed E-state index contributed by atoms with van der Waals surface area (Å²) in [6.07, 6.45) is 0.371. The van der Waals surface area contributed by atoms with Gasteiger partial charge in [0.05, 0.1) is 17.6 Å². The summed E-state index contributed by atoms with van der Waals surface area (Å²) in [5.74, 6) is -0.701. The first kappa shape index (κ1) is 20.5. The van der Waals surface area contributed by atoms with Crippen LogP contribution in [0.2, 0.25) is 0 Å². The molecular formula is C27H26N2O3. The maximum absolute atomic E-state index is 14.0. The molecule has 0 bridgehead atoms. The monoisotopic (exact) mass is 426 g/mol. The van der Waals surface area contributed by atoms with E-state index in [1.165, 1.54) is 0 Å². The van der Waals surface area contributed by atoms with Gasteiger partial charge < -0.3 is 10.4 Å². The highest BCUT2D eigenvalue weighted by molar-refractivity contribution is 6.12. The van der Waals surface area contributed by atoms with Crippen LogP contribution in [0.15, 0.2) is 72.8 Å². The highest BCUT2D eigenvalue weighted by Gasteiger charge is 2.58. The third-order valence-corrected chi connectivity index (χ3v) is 6.95. The Morgan fingerprint density at radius 2 is 1.66 bits per heavy atom. The SMILES string of the molecule is CCC1(N2C(=O)C(O)(CC(=O)c3ccc(C)cc3)c3ccccc32)CNc2ccccc21. The van der Waals surface area contributed by atoms with E-state index in [0.717, 1.165) is 16.8 Å². The van der Waals surface area contributed by atoms with Crippen LogP contribution in [-0.4, -0.2) is 23.3 Å². The summed E-state index contributed by atoms with van der Waals surface area (Å²) < 4.78 is 0. The Bertz CT molecular complexity index is 1220. The zero-order chi connectivity index (χ0) is 22.5. The first-order valence-corrected chi connectivity index (χ1v) is 11.0. The number of carbonyl (C=O) groups excluding carboxylic acids is 2. The Balaban J connectivity index is 1.60. The van der Waals surface area contributed by atoms with Gasteiger partial charge in [-0.15, -0.1) is 0 Å². The van der Waals surface area contributed by atoms with Gasteiger partial charge in [-0.05, 0) is 25.5 Å². The van der Waals surface area contributed by atoms with E-state index < -0.39 is 17.0 Å². The highest BCUT2D eigenvalue weighted by Crippen LogP contribution is 2.52. The van der Waals surface area contributed by atoms with Crippen molar-refractivity contribution in [3.63, 3.8) is 0 Å². The minimum absolute atomic E-state index is 0.256. The molecule has 2 heterocycles. The van der Waals surface area contributed by atoms with Crippen molar-refractivity contribution >= 4 is 23.1 Å². The lowest BCUT2D eigenvalue weighted by atomic mass is 9.86. The first-order chi connectivity index (χ1) is 15.4. The van der Waals surface area contributed by atoms with Gasteiger partial charge in [0, 0.05) is 28.9 Å². The highest BCUT2D eigenvalue weighted by atomic mass is 16.3. The molecule has 162 valence electrons. The predicted molar refractivity (Wildman–Crippen MR) is 125 cm³/mol. The van der Waals surface area contributed by atoms with E-state index in [1.54, 1.807) is 29.2 Å². The number of fused-ring (bicyclic) bond motifs is 2. The molecular weight excluding hydrogens is 400 g/mol. The molecule has 2 atom stereocenters. The summed E-state index contributed by atoms with van der Waals surface area (Å²) in [6, 6.07) is 22.5. The fraction of sp³-hybridized carbons (Fsp3) is 0.259. The van der Waals surface area contributed by atoms with Gasteiger partial charge >= 0.3 is 0 Å². The van der Waals surface area contributed by atoms with Crippen LogP contribution in [0.1, 0.15) is 46.8 Å². The number of anilines is 2. The molecule has 2 N–H and O–H groups in total. The molecule has 3 aromatic carbocycles. The number of amides is 1. The van der Waals surface area contributed by atoms with Crippen LogP contribution in [0.25, 0.3) is 0 Å². The number of Topliss-reactive ketones (excluding diaryl/α,β-unsaturated/α-hetero) is 1. The second kappa shape index (κ2) is 7.31. The van der Waals surface area contributed by atoms with Crippen molar-refractivity contribution in [2.45, 2.75) is 37.8 Å². The van der Waals surface area contributed by atoms with Crippen LogP contribution in [0.3, 0.4) is 0 Å². The van der Waals surface area contributed by atoms with Crippen molar-refractivity contribution in [2.75, 3.05) is 16.8 Å². The number of ketones is 1. The molecule has 5 heteroatoms. The second-order valence-corrected chi connectivity index (χ2v) is 8.77. The molecule has 3 aromatic rings. The van der Waals surface area contributed by atoms with E-state index in [-0.39, 0.29) is 12.2 Å². The number of nitrogens with zero attached hydrogens (tertiary/aromatic N) is 1. The molecule has 0 aromatic heterocycles. The summed E-state index contributed by atoms with van der Waals surface area (Å²) in [6.45, 7) is 4.55. The minimum atomic E-state index is -1.90. The summed E-state index contributed by atoms with van der Waals surface area (Å²) in [5.41, 5.74) is 2.17. The van der Waals surface area contributed by atoms with E-state index in [2.05, 4.69) is 12.2 Å². The van der Waals surface area contributed by atoms with Gasteiger partial charge in [-0.3, -0.25) is 14.5 Å². The second-order valence-electron chi connectivity index (χ2n) is 8.77. The lowest BCUT2D eigenvalue weighted by Crippen LogP contribution is -2.53. The Labute approximate surface area is 187 Å². The molecule has 0 aliphatic carbocycles. The summed E-state index contributed by atoms with van der Waals surface area (Å²) >= 11 is 0. The molecule has 5 nitrogen and oxygen atoms in total. The van der Waals surface area contributed by atoms with Gasteiger partial charge in [0.15, 0.2) is 11.4 Å². The Morgan fingerprint density at radius 3 is 2.38 bits per heavy atom. The van der Waals surface area contributed by atoms with Crippen molar-refractivity contribution in [1.82, 2.24) is 0 Å². The molecule has 0 fully saturated rings. The topological polar surface area (TPSA) is 69.6 Å². The van der Waals surface area contributed by atoms with Crippen molar-refractivity contribution in [2.24, 2.45) is 0 Å². The number of rotatable bonds is 5. The van der Waals surface area contributed by atoms with Crippen molar-refractivity contribution in [3.05, 3.63) is 95.1 Å². The summed E-state index contributed by atoms with van der Waals surface area (Å²) in [4.78, 5) is 28.8. The van der Waals surface area contributed by atoms with E-state index >= 15 is 0 Å². The maximum Gasteiger partial charge on any atom is 0.265 e. The van der Waals surface area contributed by atoms with Crippen molar-refractivity contribution in [3.8, 4) is 0 Å². The lowest BCUT2D eigenvalue weighted by molar-refractivity contribution is -0.137. The summed E-state index contributed by atoms with van der Waals surface area (Å²) in [5, 5.41) is 15.2. The van der Waals surface area contributed by atoms with E-state index in [1.807, 2.05) is 55.5 Å². The summed E-state index contributed by atoms with van der Waals surface area (Å²) in [7, 11) is 0. The average molecular weight is 427 g/mol. The van der Waals surface area contributed by atoms with E-state index in [9.17, 15) is 14.7 Å². The largest absolute Gasteiger partial charge is 0.382 e. The van der Waals surface area contributed by atoms with Gasteiger partial charge in [-0.25, -0.2) is 0 Å². The molecule has 2 aliphatic heterocycles. The van der Waals surface area contributed by atoms with E-state index in [0.29, 0.717) is 29.8 Å². The minimum Gasteiger partial charge on any atom is -0.382 e. The zero-order valence-electron chi connectivity index (χ0n) is 18.3. The Kier molecular flexibility index (Phi) is 4.68. The lowest BCUT2D eigenvalue weighted by Gasteiger charge is -2.39.